The number of rotatable bonds is 5. The highest BCUT2D eigenvalue weighted by Crippen LogP contribution is 2.20. The Morgan fingerprint density at radius 3 is 2.65 bits per heavy atom. The molecular formula is C16H22N4. The first-order valence-corrected chi connectivity index (χ1v) is 7.39. The van der Waals surface area contributed by atoms with Crippen LogP contribution in [-0.2, 0) is 6.54 Å². The average Bonchev–Trinajstić information content (AvgIpc) is 3.18. The number of H-pyrrole nitrogens is 1. The van der Waals surface area contributed by atoms with Gasteiger partial charge in [-0.15, -0.1) is 0 Å². The molecule has 2 aromatic rings. The molecule has 0 amide bonds. The van der Waals surface area contributed by atoms with E-state index in [-0.39, 0.29) is 0 Å². The van der Waals surface area contributed by atoms with Crippen molar-refractivity contribution in [3.05, 3.63) is 47.8 Å². The maximum Gasteiger partial charge on any atom is 0.0534 e. The normalized spacial score (nSPS) is 16.6. The molecular weight excluding hydrogens is 248 g/mol. The summed E-state index contributed by atoms with van der Waals surface area (Å²) in [6.07, 6.45) is 6.46. The van der Waals surface area contributed by atoms with Crippen molar-refractivity contribution in [3.8, 4) is 0 Å². The predicted octanol–water partition coefficient (Wildman–Crippen LogP) is 2.86. The predicted molar refractivity (Wildman–Crippen MR) is 81.7 cm³/mol. The van der Waals surface area contributed by atoms with Crippen LogP contribution >= 0.6 is 0 Å². The molecule has 1 aromatic heterocycles. The lowest BCUT2D eigenvalue weighted by atomic mass is 10.1. The lowest BCUT2D eigenvalue weighted by molar-refractivity contribution is 0.575. The highest BCUT2D eigenvalue weighted by molar-refractivity contribution is 5.48. The van der Waals surface area contributed by atoms with Gasteiger partial charge in [0.15, 0.2) is 0 Å². The van der Waals surface area contributed by atoms with E-state index >= 15 is 0 Å². The van der Waals surface area contributed by atoms with Crippen LogP contribution in [0.1, 0.15) is 36.9 Å². The molecule has 1 saturated heterocycles. The molecule has 1 atom stereocenters. The molecule has 20 heavy (non-hydrogen) atoms. The van der Waals surface area contributed by atoms with E-state index in [1.807, 2.05) is 12.4 Å². The average molecular weight is 270 g/mol. The van der Waals surface area contributed by atoms with Crippen LogP contribution in [-0.4, -0.2) is 23.3 Å². The van der Waals surface area contributed by atoms with Gasteiger partial charge in [0, 0.05) is 43.1 Å². The summed E-state index contributed by atoms with van der Waals surface area (Å²) < 4.78 is 0. The first-order valence-electron chi connectivity index (χ1n) is 7.39. The van der Waals surface area contributed by atoms with Gasteiger partial charge in [-0.2, -0.15) is 5.10 Å². The van der Waals surface area contributed by atoms with Gasteiger partial charge in [0.25, 0.3) is 0 Å². The van der Waals surface area contributed by atoms with Gasteiger partial charge in [-0.05, 0) is 37.5 Å². The Kier molecular flexibility index (Phi) is 4.02. The van der Waals surface area contributed by atoms with Crippen LogP contribution in [0.2, 0.25) is 0 Å². The zero-order valence-corrected chi connectivity index (χ0v) is 12.0. The van der Waals surface area contributed by atoms with Gasteiger partial charge >= 0.3 is 0 Å². The summed E-state index contributed by atoms with van der Waals surface area (Å²) in [5.74, 6) is 0. The summed E-state index contributed by atoms with van der Waals surface area (Å²) in [6, 6.07) is 9.24. The Morgan fingerprint density at radius 1 is 1.25 bits per heavy atom. The molecule has 4 nitrogen and oxygen atoms in total. The van der Waals surface area contributed by atoms with Gasteiger partial charge < -0.3 is 10.2 Å². The van der Waals surface area contributed by atoms with E-state index in [1.54, 1.807) is 0 Å². The fourth-order valence-corrected chi connectivity index (χ4v) is 2.69. The Labute approximate surface area is 120 Å². The van der Waals surface area contributed by atoms with Crippen molar-refractivity contribution in [1.29, 1.82) is 0 Å². The molecule has 2 heterocycles. The topological polar surface area (TPSA) is 44.0 Å². The minimum absolute atomic E-state index is 0.312. The summed E-state index contributed by atoms with van der Waals surface area (Å²) >= 11 is 0. The molecule has 0 aliphatic carbocycles. The summed E-state index contributed by atoms with van der Waals surface area (Å²) in [5.41, 5.74) is 3.87. The van der Waals surface area contributed by atoms with Crippen LogP contribution in [0.3, 0.4) is 0 Å². The fraction of sp³-hybridized carbons (Fsp3) is 0.438. The van der Waals surface area contributed by atoms with Crippen molar-refractivity contribution >= 4 is 5.69 Å². The largest absolute Gasteiger partial charge is 0.372 e. The van der Waals surface area contributed by atoms with Crippen LogP contribution in [0.25, 0.3) is 0 Å². The molecule has 1 aliphatic rings. The molecule has 1 unspecified atom stereocenters. The second-order valence-corrected chi connectivity index (χ2v) is 5.49. The maximum absolute atomic E-state index is 3.98. The second kappa shape index (κ2) is 6.09. The third kappa shape index (κ3) is 3.02. The van der Waals surface area contributed by atoms with E-state index in [0.29, 0.717) is 6.04 Å². The lowest BCUT2D eigenvalue weighted by Crippen LogP contribution is -2.19. The third-order valence-electron chi connectivity index (χ3n) is 4.04. The number of hydrogen-bond donors (Lipinski definition) is 2. The summed E-state index contributed by atoms with van der Waals surface area (Å²) in [5, 5.41) is 10.4. The smallest absolute Gasteiger partial charge is 0.0534 e. The zero-order valence-electron chi connectivity index (χ0n) is 12.0. The van der Waals surface area contributed by atoms with Crippen LogP contribution in [0.4, 0.5) is 5.69 Å². The third-order valence-corrected chi connectivity index (χ3v) is 4.04. The van der Waals surface area contributed by atoms with E-state index in [0.717, 1.165) is 6.54 Å². The summed E-state index contributed by atoms with van der Waals surface area (Å²) in [4.78, 5) is 2.46. The van der Waals surface area contributed by atoms with Gasteiger partial charge in [-0.25, -0.2) is 0 Å². The SMILES string of the molecule is CC(NCc1ccc(N2CCCC2)cc1)c1cn[nH]c1. The number of benzene rings is 1. The molecule has 0 spiro atoms. The van der Waals surface area contributed by atoms with E-state index < -0.39 is 0 Å². The quantitative estimate of drug-likeness (QED) is 0.878. The van der Waals surface area contributed by atoms with Crippen molar-refractivity contribution in [2.24, 2.45) is 0 Å². The van der Waals surface area contributed by atoms with Gasteiger partial charge in [-0.3, -0.25) is 5.10 Å². The second-order valence-electron chi connectivity index (χ2n) is 5.49. The van der Waals surface area contributed by atoms with Crippen LogP contribution in [0.5, 0.6) is 0 Å². The van der Waals surface area contributed by atoms with Crippen molar-refractivity contribution in [2.45, 2.75) is 32.4 Å². The molecule has 1 fully saturated rings. The fourth-order valence-electron chi connectivity index (χ4n) is 2.69. The van der Waals surface area contributed by atoms with Crippen molar-refractivity contribution in [3.63, 3.8) is 0 Å². The highest BCUT2D eigenvalue weighted by atomic mass is 15.1. The van der Waals surface area contributed by atoms with E-state index in [2.05, 4.69) is 51.6 Å². The number of aromatic amines is 1. The Bertz CT molecular complexity index is 512. The van der Waals surface area contributed by atoms with Gasteiger partial charge in [-0.1, -0.05) is 12.1 Å². The summed E-state index contributed by atoms with van der Waals surface area (Å²) in [7, 11) is 0. The van der Waals surface area contributed by atoms with Gasteiger partial charge in [0.1, 0.15) is 0 Å². The molecule has 0 saturated carbocycles. The van der Waals surface area contributed by atoms with Crippen molar-refractivity contribution in [2.75, 3.05) is 18.0 Å². The van der Waals surface area contributed by atoms with E-state index in [1.165, 1.54) is 42.7 Å². The Morgan fingerprint density at radius 2 is 2.00 bits per heavy atom. The number of nitrogens with one attached hydrogen (secondary N) is 2. The minimum atomic E-state index is 0.312. The van der Waals surface area contributed by atoms with Crippen LogP contribution in [0.15, 0.2) is 36.7 Å². The number of nitrogens with zero attached hydrogens (tertiary/aromatic N) is 2. The molecule has 1 aliphatic heterocycles. The molecule has 1 aromatic carbocycles. The van der Waals surface area contributed by atoms with Gasteiger partial charge in [0.2, 0.25) is 0 Å². The van der Waals surface area contributed by atoms with E-state index in [4.69, 9.17) is 0 Å². The molecule has 0 radical (unpaired) electrons. The number of anilines is 1. The monoisotopic (exact) mass is 270 g/mol. The first-order chi connectivity index (χ1) is 9.83. The standard InChI is InChI=1S/C16H22N4/c1-13(15-11-18-19-12-15)17-10-14-4-6-16(7-5-14)20-8-2-3-9-20/h4-7,11-13,17H,2-3,8-10H2,1H3,(H,18,19). The lowest BCUT2D eigenvalue weighted by Gasteiger charge is -2.18. The number of aromatic nitrogens is 2. The number of hydrogen-bond acceptors (Lipinski definition) is 3. The maximum atomic E-state index is 3.98. The highest BCUT2D eigenvalue weighted by Gasteiger charge is 2.12. The molecule has 106 valence electrons. The van der Waals surface area contributed by atoms with Gasteiger partial charge in [0.05, 0.1) is 6.20 Å². The van der Waals surface area contributed by atoms with E-state index in [9.17, 15) is 0 Å². The summed E-state index contributed by atoms with van der Waals surface area (Å²) in [6.45, 7) is 5.44. The molecule has 0 bridgehead atoms. The Hall–Kier alpha value is -1.81. The van der Waals surface area contributed by atoms with Crippen molar-refractivity contribution in [1.82, 2.24) is 15.5 Å². The van der Waals surface area contributed by atoms with Crippen LogP contribution in [0, 0.1) is 0 Å². The molecule has 4 heteroatoms. The molecule has 2 N–H and O–H groups in total. The Balaban J connectivity index is 1.55. The van der Waals surface area contributed by atoms with Crippen molar-refractivity contribution < 1.29 is 0 Å². The molecule has 3 rings (SSSR count). The first kappa shape index (κ1) is 13.2. The van der Waals surface area contributed by atoms with Crippen LogP contribution < -0.4 is 10.2 Å². The minimum Gasteiger partial charge on any atom is -0.372 e. The zero-order chi connectivity index (χ0) is 13.8.